The number of methoxy groups -OCH3 is 2. The highest BCUT2D eigenvalue weighted by molar-refractivity contribution is 5.97. The predicted molar refractivity (Wildman–Crippen MR) is 83.4 cm³/mol. The molecule has 0 bridgehead atoms. The molecular weight excluding hydrogens is 264 g/mol. The van der Waals surface area contributed by atoms with Crippen molar-refractivity contribution in [1.82, 2.24) is 0 Å². The van der Waals surface area contributed by atoms with E-state index in [1.807, 2.05) is 42.5 Å². The molecule has 110 valence electrons. The summed E-state index contributed by atoms with van der Waals surface area (Å²) in [4.78, 5) is 12.4. The molecule has 0 aliphatic carbocycles. The Labute approximate surface area is 125 Å². The van der Waals surface area contributed by atoms with E-state index in [1.165, 1.54) is 5.56 Å². The quantitative estimate of drug-likeness (QED) is 0.759. The number of benzene rings is 2. The minimum Gasteiger partial charge on any atom is -0.493 e. The first kappa shape index (κ1) is 15.1. The molecule has 0 aromatic heterocycles. The average Bonchev–Trinajstić information content (AvgIpc) is 2.54. The van der Waals surface area contributed by atoms with E-state index < -0.39 is 0 Å². The number of rotatable bonds is 6. The number of carbonyl (C=O) groups excluding carboxylic acids is 1. The van der Waals surface area contributed by atoms with Crippen LogP contribution in [0.2, 0.25) is 0 Å². The third kappa shape index (κ3) is 3.63. The topological polar surface area (TPSA) is 35.5 Å². The fraction of sp³-hybridized carbons (Fsp3) is 0.278. The van der Waals surface area contributed by atoms with Crippen LogP contribution in [0.25, 0.3) is 0 Å². The van der Waals surface area contributed by atoms with Crippen LogP contribution in [0.4, 0.5) is 0 Å². The monoisotopic (exact) mass is 284 g/mol. The number of Topliss-reactive ketones (excluding diaryl/α,β-unsaturated/α-hetero) is 1. The molecule has 0 saturated heterocycles. The number of ether oxygens (including phenoxy) is 2. The molecule has 0 heterocycles. The van der Waals surface area contributed by atoms with Crippen molar-refractivity contribution in [2.45, 2.75) is 19.8 Å². The fourth-order valence-electron chi connectivity index (χ4n) is 2.24. The minimum absolute atomic E-state index is 0.109. The van der Waals surface area contributed by atoms with Gasteiger partial charge in [-0.25, -0.2) is 0 Å². The van der Waals surface area contributed by atoms with Crippen LogP contribution in [-0.4, -0.2) is 20.0 Å². The molecule has 0 N–H and O–H groups in total. The van der Waals surface area contributed by atoms with Crippen LogP contribution < -0.4 is 9.47 Å². The zero-order chi connectivity index (χ0) is 15.2. The number of hydrogen-bond acceptors (Lipinski definition) is 3. The van der Waals surface area contributed by atoms with Gasteiger partial charge in [0.2, 0.25) is 0 Å². The molecule has 2 aromatic rings. The van der Waals surface area contributed by atoms with Crippen molar-refractivity contribution in [2.75, 3.05) is 14.2 Å². The van der Waals surface area contributed by atoms with E-state index in [2.05, 4.69) is 6.92 Å². The zero-order valence-corrected chi connectivity index (χ0v) is 12.7. The number of aryl methyl sites for hydroxylation is 1. The van der Waals surface area contributed by atoms with Gasteiger partial charge in [-0.05, 0) is 35.7 Å². The molecule has 0 saturated carbocycles. The summed E-state index contributed by atoms with van der Waals surface area (Å²) >= 11 is 0. The van der Waals surface area contributed by atoms with Crippen molar-refractivity contribution in [2.24, 2.45) is 0 Å². The minimum atomic E-state index is 0.109. The molecule has 21 heavy (non-hydrogen) atoms. The van der Waals surface area contributed by atoms with Crippen molar-refractivity contribution in [3.05, 3.63) is 59.2 Å². The van der Waals surface area contributed by atoms with E-state index in [1.54, 1.807) is 14.2 Å². The molecule has 0 radical (unpaired) electrons. The second-order valence-corrected chi connectivity index (χ2v) is 4.84. The molecule has 0 unspecified atom stereocenters. The fourth-order valence-corrected chi connectivity index (χ4v) is 2.24. The third-order valence-electron chi connectivity index (χ3n) is 3.47. The second kappa shape index (κ2) is 6.93. The molecule has 0 amide bonds. The Morgan fingerprint density at radius 1 is 0.952 bits per heavy atom. The molecule has 2 rings (SSSR count). The first-order chi connectivity index (χ1) is 10.2. The Hall–Kier alpha value is -2.29. The molecule has 0 aliphatic heterocycles. The molecule has 0 aliphatic rings. The maximum absolute atomic E-state index is 12.4. The molecule has 0 atom stereocenters. The summed E-state index contributed by atoms with van der Waals surface area (Å²) < 4.78 is 10.5. The number of ketones is 1. The first-order valence-corrected chi connectivity index (χ1v) is 7.01. The van der Waals surface area contributed by atoms with Gasteiger partial charge in [0.1, 0.15) is 0 Å². The molecular formula is C18H20O3. The van der Waals surface area contributed by atoms with Crippen LogP contribution in [0.15, 0.2) is 42.5 Å². The first-order valence-electron chi connectivity index (χ1n) is 7.01. The summed E-state index contributed by atoms with van der Waals surface area (Å²) in [6.45, 7) is 2.08. The van der Waals surface area contributed by atoms with E-state index >= 15 is 0 Å². The molecule has 0 spiro atoms. The summed E-state index contributed by atoms with van der Waals surface area (Å²) in [5.41, 5.74) is 2.84. The van der Waals surface area contributed by atoms with E-state index in [9.17, 15) is 4.79 Å². The second-order valence-electron chi connectivity index (χ2n) is 4.84. The van der Waals surface area contributed by atoms with Crippen LogP contribution in [0, 0.1) is 0 Å². The van der Waals surface area contributed by atoms with Gasteiger partial charge in [0.25, 0.3) is 0 Å². The van der Waals surface area contributed by atoms with Crippen molar-refractivity contribution in [3.63, 3.8) is 0 Å². The van der Waals surface area contributed by atoms with E-state index in [-0.39, 0.29) is 5.78 Å². The molecule has 3 heteroatoms. The highest BCUT2D eigenvalue weighted by atomic mass is 16.5. The van der Waals surface area contributed by atoms with Crippen molar-refractivity contribution in [1.29, 1.82) is 0 Å². The van der Waals surface area contributed by atoms with Crippen molar-refractivity contribution >= 4 is 5.78 Å². The van der Waals surface area contributed by atoms with Gasteiger partial charge in [-0.3, -0.25) is 4.79 Å². The summed E-state index contributed by atoms with van der Waals surface area (Å²) in [5.74, 6) is 1.42. The maximum atomic E-state index is 12.4. The summed E-state index contributed by atoms with van der Waals surface area (Å²) in [6.07, 6.45) is 1.28. The highest BCUT2D eigenvalue weighted by Crippen LogP contribution is 2.28. The van der Waals surface area contributed by atoms with E-state index in [4.69, 9.17) is 9.47 Å². The Morgan fingerprint density at radius 2 is 1.71 bits per heavy atom. The van der Waals surface area contributed by atoms with Crippen molar-refractivity contribution in [3.8, 4) is 11.5 Å². The molecule has 0 fully saturated rings. The lowest BCUT2D eigenvalue weighted by Gasteiger charge is -2.09. The van der Waals surface area contributed by atoms with Gasteiger partial charge >= 0.3 is 0 Å². The predicted octanol–water partition coefficient (Wildman–Crippen LogP) is 3.69. The maximum Gasteiger partial charge on any atom is 0.167 e. The smallest absolute Gasteiger partial charge is 0.167 e. The van der Waals surface area contributed by atoms with Crippen LogP contribution in [0.3, 0.4) is 0 Å². The van der Waals surface area contributed by atoms with Crippen LogP contribution in [0.5, 0.6) is 11.5 Å². The van der Waals surface area contributed by atoms with Gasteiger partial charge in [-0.15, -0.1) is 0 Å². The largest absolute Gasteiger partial charge is 0.493 e. The zero-order valence-electron chi connectivity index (χ0n) is 12.7. The van der Waals surface area contributed by atoms with Crippen LogP contribution in [0.1, 0.15) is 28.4 Å². The molecule has 2 aromatic carbocycles. The number of carbonyl (C=O) groups is 1. The lowest BCUT2D eigenvalue weighted by atomic mass is 10.0. The van der Waals surface area contributed by atoms with E-state index in [0.717, 1.165) is 17.5 Å². The summed E-state index contributed by atoms with van der Waals surface area (Å²) in [7, 11) is 3.19. The van der Waals surface area contributed by atoms with Gasteiger partial charge < -0.3 is 9.47 Å². The summed E-state index contributed by atoms with van der Waals surface area (Å²) in [6, 6.07) is 13.4. The Morgan fingerprint density at radius 3 is 2.38 bits per heavy atom. The van der Waals surface area contributed by atoms with E-state index in [0.29, 0.717) is 17.9 Å². The standard InChI is InChI=1S/C18H20O3/c1-4-13-6-5-7-15(10-13)16(19)11-14-8-9-17(20-2)18(12-14)21-3/h5-10,12H,4,11H2,1-3H3. The van der Waals surface area contributed by atoms with Gasteiger partial charge in [-0.1, -0.05) is 31.2 Å². The molecule has 3 nitrogen and oxygen atoms in total. The van der Waals surface area contributed by atoms with Gasteiger partial charge in [0.15, 0.2) is 17.3 Å². The summed E-state index contributed by atoms with van der Waals surface area (Å²) in [5, 5.41) is 0. The Kier molecular flexibility index (Phi) is 4.99. The lowest BCUT2D eigenvalue weighted by Crippen LogP contribution is -2.04. The van der Waals surface area contributed by atoms with Gasteiger partial charge in [0.05, 0.1) is 14.2 Å². The normalized spacial score (nSPS) is 10.2. The lowest BCUT2D eigenvalue weighted by molar-refractivity contribution is 0.0993. The Balaban J connectivity index is 2.19. The third-order valence-corrected chi connectivity index (χ3v) is 3.47. The SMILES string of the molecule is CCc1cccc(C(=O)Cc2ccc(OC)c(OC)c2)c1. The van der Waals surface area contributed by atoms with Gasteiger partial charge in [-0.2, -0.15) is 0 Å². The van der Waals surface area contributed by atoms with Gasteiger partial charge in [0, 0.05) is 12.0 Å². The van der Waals surface area contributed by atoms with Crippen LogP contribution >= 0.6 is 0 Å². The number of hydrogen-bond donors (Lipinski definition) is 0. The van der Waals surface area contributed by atoms with Crippen molar-refractivity contribution < 1.29 is 14.3 Å². The van der Waals surface area contributed by atoms with Crippen LogP contribution in [-0.2, 0) is 12.8 Å². The average molecular weight is 284 g/mol. The Bertz CT molecular complexity index is 632. The highest BCUT2D eigenvalue weighted by Gasteiger charge is 2.10.